The molecule has 0 saturated carbocycles. The largest absolute Gasteiger partial charge is 0.355 e. The fraction of sp³-hybridized carbons (Fsp3) is 0.833. The first-order valence-electron chi connectivity index (χ1n) is 6.37. The third kappa shape index (κ3) is 4.00. The normalized spacial score (nSPS) is 26.1. The first-order valence-corrected chi connectivity index (χ1v) is 6.37. The van der Waals surface area contributed by atoms with Crippen LogP contribution in [0.15, 0.2) is 0 Å². The molecule has 0 aliphatic carbocycles. The van der Waals surface area contributed by atoms with E-state index in [-0.39, 0.29) is 23.8 Å². The summed E-state index contributed by atoms with van der Waals surface area (Å²) in [5, 5.41) is 8.75. The summed E-state index contributed by atoms with van der Waals surface area (Å²) in [5.74, 6) is -0.179. The summed E-state index contributed by atoms with van der Waals surface area (Å²) in [7, 11) is 0. The van der Waals surface area contributed by atoms with Gasteiger partial charge in [0.15, 0.2) is 0 Å². The highest BCUT2D eigenvalue weighted by Crippen LogP contribution is 2.16. The van der Waals surface area contributed by atoms with Crippen LogP contribution in [0.25, 0.3) is 0 Å². The van der Waals surface area contributed by atoms with E-state index in [1.807, 2.05) is 13.8 Å². The topological polar surface area (TPSA) is 70.2 Å². The second-order valence-corrected chi connectivity index (χ2v) is 4.62. The van der Waals surface area contributed by atoms with Gasteiger partial charge in [0, 0.05) is 12.6 Å². The molecule has 98 valence electrons. The Bertz CT molecular complexity index is 281. The van der Waals surface area contributed by atoms with Gasteiger partial charge in [-0.15, -0.1) is 0 Å². The number of hydrogen-bond acceptors (Lipinski definition) is 3. The van der Waals surface area contributed by atoms with Gasteiger partial charge in [-0.05, 0) is 40.2 Å². The summed E-state index contributed by atoms with van der Waals surface area (Å²) < 4.78 is 0. The summed E-state index contributed by atoms with van der Waals surface area (Å²) in [5.41, 5.74) is 0. The summed E-state index contributed by atoms with van der Waals surface area (Å²) in [6.45, 7) is 7.14. The number of likely N-dealkylation sites (N-methyl/N-ethyl adjacent to an activating group) is 1. The molecule has 0 radical (unpaired) electrons. The van der Waals surface area contributed by atoms with Crippen LogP contribution < -0.4 is 16.0 Å². The lowest BCUT2D eigenvalue weighted by molar-refractivity contribution is -0.131. The number of carbonyl (C=O) groups is 2. The Kier molecular flexibility index (Phi) is 5.41. The molecule has 0 aromatic heterocycles. The van der Waals surface area contributed by atoms with Crippen molar-refractivity contribution in [3.63, 3.8) is 0 Å². The summed E-state index contributed by atoms with van der Waals surface area (Å²) in [6, 6.07) is -0.276. The van der Waals surface area contributed by atoms with Crippen LogP contribution in [0.1, 0.15) is 33.6 Å². The molecule has 0 spiro atoms. The van der Waals surface area contributed by atoms with Gasteiger partial charge in [0.1, 0.15) is 6.04 Å². The molecule has 2 amide bonds. The van der Waals surface area contributed by atoms with Crippen LogP contribution in [-0.4, -0.2) is 37.0 Å². The second-order valence-electron chi connectivity index (χ2n) is 4.62. The van der Waals surface area contributed by atoms with Crippen molar-refractivity contribution in [2.24, 2.45) is 5.92 Å². The zero-order valence-electron chi connectivity index (χ0n) is 10.9. The molecule has 1 heterocycles. The maximum absolute atomic E-state index is 12.0. The van der Waals surface area contributed by atoms with E-state index in [0.29, 0.717) is 6.54 Å². The van der Waals surface area contributed by atoms with Gasteiger partial charge >= 0.3 is 0 Å². The van der Waals surface area contributed by atoms with E-state index in [9.17, 15) is 9.59 Å². The number of hydrogen-bond donors (Lipinski definition) is 3. The monoisotopic (exact) mass is 241 g/mol. The van der Waals surface area contributed by atoms with Gasteiger partial charge < -0.3 is 16.0 Å². The van der Waals surface area contributed by atoms with Gasteiger partial charge in [-0.2, -0.15) is 0 Å². The Morgan fingerprint density at radius 3 is 2.76 bits per heavy atom. The predicted molar refractivity (Wildman–Crippen MR) is 66.5 cm³/mol. The van der Waals surface area contributed by atoms with Crippen LogP contribution in [0.2, 0.25) is 0 Å². The zero-order valence-corrected chi connectivity index (χ0v) is 10.9. The Morgan fingerprint density at radius 1 is 1.47 bits per heavy atom. The number of piperidine rings is 1. The van der Waals surface area contributed by atoms with Crippen molar-refractivity contribution in [1.82, 2.24) is 16.0 Å². The Morgan fingerprint density at radius 2 is 2.18 bits per heavy atom. The molecule has 3 atom stereocenters. The minimum absolute atomic E-state index is 0.0246. The van der Waals surface area contributed by atoms with E-state index < -0.39 is 6.04 Å². The lowest BCUT2D eigenvalue weighted by Gasteiger charge is -2.29. The lowest BCUT2D eigenvalue weighted by atomic mass is 9.91. The van der Waals surface area contributed by atoms with E-state index in [0.717, 1.165) is 19.4 Å². The highest BCUT2D eigenvalue weighted by Gasteiger charge is 2.29. The molecule has 3 N–H and O–H groups in total. The third-order valence-corrected chi connectivity index (χ3v) is 3.20. The van der Waals surface area contributed by atoms with E-state index in [1.54, 1.807) is 6.92 Å². The molecule has 0 aromatic carbocycles. The molecule has 5 heteroatoms. The number of amides is 2. The average Bonchev–Trinajstić information content (AvgIpc) is 2.29. The molecule has 0 bridgehead atoms. The van der Waals surface area contributed by atoms with Crippen molar-refractivity contribution in [3.05, 3.63) is 0 Å². The molecule has 17 heavy (non-hydrogen) atoms. The van der Waals surface area contributed by atoms with Crippen LogP contribution >= 0.6 is 0 Å². The first kappa shape index (κ1) is 14.0. The van der Waals surface area contributed by atoms with Gasteiger partial charge in [-0.3, -0.25) is 9.59 Å². The van der Waals surface area contributed by atoms with Crippen molar-refractivity contribution < 1.29 is 9.59 Å². The molecular formula is C12H23N3O2. The minimum atomic E-state index is -0.462. The Labute approximate surface area is 103 Å². The first-order chi connectivity index (χ1) is 8.06. The number of nitrogens with one attached hydrogen (secondary N) is 3. The fourth-order valence-corrected chi connectivity index (χ4v) is 2.12. The minimum Gasteiger partial charge on any atom is -0.355 e. The van der Waals surface area contributed by atoms with E-state index in [1.165, 1.54) is 0 Å². The smallest absolute Gasteiger partial charge is 0.242 e. The van der Waals surface area contributed by atoms with Crippen molar-refractivity contribution in [1.29, 1.82) is 0 Å². The maximum atomic E-state index is 12.0. The Hall–Kier alpha value is -1.10. The van der Waals surface area contributed by atoms with Crippen LogP contribution in [0.3, 0.4) is 0 Å². The average molecular weight is 241 g/mol. The molecule has 3 unspecified atom stereocenters. The predicted octanol–water partition coefficient (Wildman–Crippen LogP) is 0.0153. The van der Waals surface area contributed by atoms with Crippen LogP contribution in [0, 0.1) is 5.92 Å². The summed E-state index contributed by atoms with van der Waals surface area (Å²) in [6.07, 6.45) is 1.90. The van der Waals surface area contributed by atoms with Gasteiger partial charge in [-0.25, -0.2) is 0 Å². The standard InChI is InChI=1S/C12H23N3O2/c1-4-13-11(16)9(3)15-12(17)10-6-5-7-14-8(10)2/h8-10,14H,4-7H2,1-3H3,(H,13,16)(H,15,17). The third-order valence-electron chi connectivity index (χ3n) is 3.20. The summed E-state index contributed by atoms with van der Waals surface area (Å²) >= 11 is 0. The molecular weight excluding hydrogens is 218 g/mol. The van der Waals surface area contributed by atoms with Crippen LogP contribution in [-0.2, 0) is 9.59 Å². The second kappa shape index (κ2) is 6.59. The van der Waals surface area contributed by atoms with Gasteiger partial charge in [-0.1, -0.05) is 0 Å². The highest BCUT2D eigenvalue weighted by molar-refractivity contribution is 5.88. The quantitative estimate of drug-likeness (QED) is 0.649. The highest BCUT2D eigenvalue weighted by atomic mass is 16.2. The van der Waals surface area contributed by atoms with Gasteiger partial charge in [0.05, 0.1) is 5.92 Å². The molecule has 1 aliphatic rings. The van der Waals surface area contributed by atoms with E-state index in [2.05, 4.69) is 16.0 Å². The number of carbonyl (C=O) groups excluding carboxylic acids is 2. The molecule has 1 rings (SSSR count). The van der Waals surface area contributed by atoms with Crippen molar-refractivity contribution in [2.45, 2.75) is 45.7 Å². The maximum Gasteiger partial charge on any atom is 0.242 e. The van der Waals surface area contributed by atoms with Crippen molar-refractivity contribution >= 4 is 11.8 Å². The lowest BCUT2D eigenvalue weighted by Crippen LogP contribution is -2.51. The summed E-state index contributed by atoms with van der Waals surface area (Å²) in [4.78, 5) is 23.5. The van der Waals surface area contributed by atoms with Crippen LogP contribution in [0.5, 0.6) is 0 Å². The molecule has 5 nitrogen and oxygen atoms in total. The van der Waals surface area contributed by atoms with Crippen molar-refractivity contribution in [2.75, 3.05) is 13.1 Å². The van der Waals surface area contributed by atoms with Crippen LogP contribution in [0.4, 0.5) is 0 Å². The molecule has 1 aliphatic heterocycles. The molecule has 1 saturated heterocycles. The van der Waals surface area contributed by atoms with Crippen molar-refractivity contribution in [3.8, 4) is 0 Å². The number of rotatable bonds is 4. The van der Waals surface area contributed by atoms with Gasteiger partial charge in [0.25, 0.3) is 0 Å². The van der Waals surface area contributed by atoms with Gasteiger partial charge in [0.2, 0.25) is 11.8 Å². The van der Waals surface area contributed by atoms with E-state index in [4.69, 9.17) is 0 Å². The SMILES string of the molecule is CCNC(=O)C(C)NC(=O)C1CCCNC1C. The van der Waals surface area contributed by atoms with E-state index >= 15 is 0 Å². The fourth-order valence-electron chi connectivity index (χ4n) is 2.12. The molecule has 0 aromatic rings. The zero-order chi connectivity index (χ0) is 12.8. The molecule has 1 fully saturated rings. The Balaban J connectivity index is 2.44.